The van der Waals surface area contributed by atoms with Gasteiger partial charge in [-0.25, -0.2) is 9.59 Å². The molecule has 4 rings (SSSR count). The first-order valence-corrected chi connectivity index (χ1v) is 14.1. The molecule has 0 bridgehead atoms. The zero-order chi connectivity index (χ0) is 32.0. The number of ether oxygens (including phenoxy) is 3. The summed E-state index contributed by atoms with van der Waals surface area (Å²) in [5.41, 5.74) is 1.17. The quantitative estimate of drug-likeness (QED) is 0.131. The summed E-state index contributed by atoms with van der Waals surface area (Å²) in [6.45, 7) is 6.96. The van der Waals surface area contributed by atoms with E-state index >= 15 is 0 Å². The topological polar surface area (TPSA) is 137 Å². The number of hydrogen-bond acceptors (Lipinski definition) is 9. The summed E-state index contributed by atoms with van der Waals surface area (Å²) < 4.78 is 17.2. The van der Waals surface area contributed by atoms with Gasteiger partial charge in [0.05, 0.1) is 35.6 Å². The first kappa shape index (κ1) is 31.7. The number of benzene rings is 3. The SMILES string of the molecule is COC(=O)C1=C(C)NC(C)=C(C(=O)OC(COc2cccc3ccccc23)CN(C=O)C(C)C)C1c1cccc([N+](=O)[O-])c1. The number of allylic oxidation sites excluding steroid dienone is 2. The Morgan fingerprint density at radius 3 is 2.32 bits per heavy atom. The van der Waals surface area contributed by atoms with Crippen molar-refractivity contribution in [2.75, 3.05) is 20.3 Å². The Morgan fingerprint density at radius 2 is 1.66 bits per heavy atom. The van der Waals surface area contributed by atoms with E-state index in [4.69, 9.17) is 14.2 Å². The highest BCUT2D eigenvalue weighted by Crippen LogP contribution is 2.40. The van der Waals surface area contributed by atoms with E-state index in [1.807, 2.05) is 56.3 Å². The molecule has 1 heterocycles. The monoisotopic (exact) mass is 601 g/mol. The van der Waals surface area contributed by atoms with Crippen molar-refractivity contribution in [3.63, 3.8) is 0 Å². The Bertz CT molecular complexity index is 1640. The minimum Gasteiger partial charge on any atom is -0.489 e. The highest BCUT2D eigenvalue weighted by Gasteiger charge is 2.39. The van der Waals surface area contributed by atoms with Gasteiger partial charge in [0.1, 0.15) is 12.4 Å². The van der Waals surface area contributed by atoms with Crippen LogP contribution in [0.1, 0.15) is 39.2 Å². The minimum atomic E-state index is -1.02. The number of hydrogen-bond donors (Lipinski definition) is 1. The number of carbonyl (C=O) groups excluding carboxylic acids is 3. The maximum absolute atomic E-state index is 14.1. The Labute approximate surface area is 255 Å². The number of rotatable bonds is 12. The fourth-order valence-corrected chi connectivity index (χ4v) is 5.25. The van der Waals surface area contributed by atoms with Gasteiger partial charge in [-0.3, -0.25) is 14.9 Å². The number of non-ortho nitro benzene ring substituents is 1. The normalized spacial score (nSPS) is 15.5. The molecular formula is C33H35N3O8. The highest BCUT2D eigenvalue weighted by atomic mass is 16.6. The second kappa shape index (κ2) is 13.9. The molecule has 230 valence electrons. The summed E-state index contributed by atoms with van der Waals surface area (Å²) in [4.78, 5) is 51.5. The molecule has 2 atom stereocenters. The van der Waals surface area contributed by atoms with E-state index in [0.29, 0.717) is 29.1 Å². The fourth-order valence-electron chi connectivity index (χ4n) is 5.25. The number of esters is 2. The summed E-state index contributed by atoms with van der Waals surface area (Å²) in [7, 11) is 1.22. The summed E-state index contributed by atoms with van der Waals surface area (Å²) in [6.07, 6.45) is -0.225. The Kier molecular flexibility index (Phi) is 9.99. The third-order valence-electron chi connectivity index (χ3n) is 7.46. The zero-order valence-corrected chi connectivity index (χ0v) is 25.2. The smallest absolute Gasteiger partial charge is 0.337 e. The molecule has 0 aromatic heterocycles. The lowest BCUT2D eigenvalue weighted by atomic mass is 9.80. The van der Waals surface area contributed by atoms with E-state index in [-0.39, 0.29) is 36.0 Å². The largest absolute Gasteiger partial charge is 0.489 e. The summed E-state index contributed by atoms with van der Waals surface area (Å²) in [5.74, 6) is -1.92. The minimum absolute atomic E-state index is 0.0393. The zero-order valence-electron chi connectivity index (χ0n) is 25.2. The highest BCUT2D eigenvalue weighted by molar-refractivity contribution is 6.00. The van der Waals surface area contributed by atoms with Gasteiger partial charge in [-0.2, -0.15) is 0 Å². The summed E-state index contributed by atoms with van der Waals surface area (Å²) in [5, 5.41) is 16.5. The Hall–Kier alpha value is -5.19. The number of nitro groups is 1. The van der Waals surface area contributed by atoms with Gasteiger partial charge in [0.25, 0.3) is 5.69 Å². The van der Waals surface area contributed by atoms with Crippen molar-refractivity contribution in [3.05, 3.63) is 105 Å². The van der Waals surface area contributed by atoms with Gasteiger partial charge in [-0.1, -0.05) is 48.5 Å². The van der Waals surface area contributed by atoms with Gasteiger partial charge in [-0.15, -0.1) is 0 Å². The molecular weight excluding hydrogens is 566 g/mol. The van der Waals surface area contributed by atoms with E-state index in [9.17, 15) is 24.5 Å². The van der Waals surface area contributed by atoms with Crippen LogP contribution in [0.25, 0.3) is 10.8 Å². The maximum atomic E-state index is 14.1. The number of nitro benzene ring substituents is 1. The molecule has 0 spiro atoms. The molecule has 11 nitrogen and oxygen atoms in total. The molecule has 44 heavy (non-hydrogen) atoms. The molecule has 3 aromatic rings. The number of amides is 1. The molecule has 1 aliphatic heterocycles. The van der Waals surface area contributed by atoms with Gasteiger partial charge in [0.2, 0.25) is 6.41 Å². The predicted octanol–water partition coefficient (Wildman–Crippen LogP) is 5.01. The molecule has 1 amide bonds. The van der Waals surface area contributed by atoms with E-state index in [0.717, 1.165) is 10.8 Å². The van der Waals surface area contributed by atoms with Crippen molar-refractivity contribution >= 4 is 34.8 Å². The van der Waals surface area contributed by atoms with E-state index in [1.165, 1.54) is 30.2 Å². The van der Waals surface area contributed by atoms with Crippen LogP contribution in [0.2, 0.25) is 0 Å². The van der Waals surface area contributed by atoms with Gasteiger partial charge in [0.15, 0.2) is 6.10 Å². The summed E-state index contributed by atoms with van der Waals surface area (Å²) >= 11 is 0. The van der Waals surface area contributed by atoms with Crippen molar-refractivity contribution in [2.24, 2.45) is 0 Å². The number of fused-ring (bicyclic) bond motifs is 1. The number of carbonyl (C=O) groups is 3. The molecule has 3 aromatic carbocycles. The summed E-state index contributed by atoms with van der Waals surface area (Å²) in [6, 6.07) is 18.9. The van der Waals surface area contributed by atoms with E-state index in [1.54, 1.807) is 19.9 Å². The van der Waals surface area contributed by atoms with Crippen molar-refractivity contribution in [1.29, 1.82) is 0 Å². The Morgan fingerprint density at radius 1 is 1.00 bits per heavy atom. The van der Waals surface area contributed by atoms with Gasteiger partial charge >= 0.3 is 11.9 Å². The van der Waals surface area contributed by atoms with Crippen LogP contribution in [-0.2, 0) is 23.9 Å². The first-order chi connectivity index (χ1) is 21.0. The lowest BCUT2D eigenvalue weighted by Crippen LogP contribution is -2.42. The number of nitrogens with zero attached hydrogens (tertiary/aromatic N) is 2. The predicted molar refractivity (Wildman–Crippen MR) is 164 cm³/mol. The molecule has 0 aliphatic carbocycles. The molecule has 11 heteroatoms. The second-order valence-corrected chi connectivity index (χ2v) is 10.7. The van der Waals surface area contributed by atoms with Crippen LogP contribution in [0.4, 0.5) is 5.69 Å². The third kappa shape index (κ3) is 6.88. The molecule has 0 radical (unpaired) electrons. The van der Waals surface area contributed by atoms with Crippen molar-refractivity contribution in [3.8, 4) is 5.75 Å². The fraction of sp³-hybridized carbons (Fsp3) is 0.303. The van der Waals surface area contributed by atoms with Gasteiger partial charge in [0, 0.05) is 35.0 Å². The molecule has 0 fully saturated rings. The van der Waals surface area contributed by atoms with Crippen molar-refractivity contribution in [1.82, 2.24) is 10.2 Å². The average Bonchev–Trinajstić information content (AvgIpc) is 3.01. The van der Waals surface area contributed by atoms with Crippen LogP contribution < -0.4 is 10.1 Å². The van der Waals surface area contributed by atoms with Crippen LogP contribution in [-0.4, -0.2) is 60.6 Å². The van der Waals surface area contributed by atoms with E-state index < -0.39 is 28.9 Å². The van der Waals surface area contributed by atoms with Crippen molar-refractivity contribution < 1.29 is 33.5 Å². The molecule has 1 aliphatic rings. The third-order valence-corrected chi connectivity index (χ3v) is 7.46. The average molecular weight is 602 g/mol. The second-order valence-electron chi connectivity index (χ2n) is 10.7. The maximum Gasteiger partial charge on any atom is 0.337 e. The standard InChI is InChI=1S/C33H35N3O8/c1-20(2)35(19-37)17-26(18-43-28-15-9-11-23-10-6-7-14-27(23)28)44-33(39)30-22(4)34-21(3)29(32(38)42-5)31(30)24-12-8-13-25(16-24)36(40)41/h6-16,19-20,26,31,34H,17-18H2,1-5H3. The van der Waals surface area contributed by atoms with Crippen LogP contribution in [0.5, 0.6) is 5.75 Å². The van der Waals surface area contributed by atoms with E-state index in [2.05, 4.69) is 5.32 Å². The molecule has 0 saturated heterocycles. The van der Waals surface area contributed by atoms with Gasteiger partial charge in [-0.05, 0) is 44.7 Å². The lowest BCUT2D eigenvalue weighted by Gasteiger charge is -2.32. The Balaban J connectivity index is 1.71. The van der Waals surface area contributed by atoms with Crippen molar-refractivity contribution in [2.45, 2.75) is 45.8 Å². The van der Waals surface area contributed by atoms with Gasteiger partial charge < -0.3 is 24.4 Å². The lowest BCUT2D eigenvalue weighted by molar-refractivity contribution is -0.384. The number of methoxy groups -OCH3 is 1. The molecule has 0 saturated carbocycles. The number of dihydropyridines is 1. The van der Waals surface area contributed by atoms with Crippen LogP contribution >= 0.6 is 0 Å². The number of nitrogens with one attached hydrogen (secondary N) is 1. The van der Waals surface area contributed by atoms with Crippen LogP contribution in [0.15, 0.2) is 89.3 Å². The van der Waals surface area contributed by atoms with Crippen LogP contribution in [0, 0.1) is 10.1 Å². The van der Waals surface area contributed by atoms with Crippen LogP contribution in [0.3, 0.4) is 0 Å². The molecule has 1 N–H and O–H groups in total. The first-order valence-electron chi connectivity index (χ1n) is 14.1. The molecule has 2 unspecified atom stereocenters.